The molecule has 21 heavy (non-hydrogen) atoms. The summed E-state index contributed by atoms with van der Waals surface area (Å²) in [4.78, 5) is 18.4. The summed E-state index contributed by atoms with van der Waals surface area (Å²) in [6, 6.07) is 8.05. The largest absolute Gasteiger partial charge is 0.305 e. The number of anilines is 1. The Balaban J connectivity index is 1.99. The summed E-state index contributed by atoms with van der Waals surface area (Å²) in [5, 5.41) is 4.01. The Kier molecular flexibility index (Phi) is 4.53. The smallest absolute Gasteiger partial charge is 0.213 e. The highest BCUT2D eigenvalue weighted by Gasteiger charge is 2.28. The Morgan fingerprint density at radius 3 is 2.81 bits per heavy atom. The molecule has 1 amide bonds. The molecule has 1 unspecified atom stereocenters. The number of carbonyl (C=O) groups is 1. The third-order valence-corrected chi connectivity index (χ3v) is 5.01. The number of likely N-dealkylation sites (tertiary alicyclic amines) is 1. The molecule has 0 spiro atoms. The Bertz CT molecular complexity index is 625. The molecule has 1 fully saturated rings. The maximum absolute atomic E-state index is 10.6. The molecular formula is C15H16ClN3OS. The van der Waals surface area contributed by atoms with Crippen LogP contribution in [0, 0.1) is 0 Å². The third-order valence-electron chi connectivity index (χ3n) is 3.68. The second kappa shape index (κ2) is 6.56. The summed E-state index contributed by atoms with van der Waals surface area (Å²) < 4.78 is 0. The Hall–Kier alpha value is -1.43. The van der Waals surface area contributed by atoms with Gasteiger partial charge in [-0.05, 0) is 37.6 Å². The Morgan fingerprint density at radius 2 is 2.10 bits per heavy atom. The zero-order valence-corrected chi connectivity index (χ0v) is 13.0. The zero-order valence-electron chi connectivity index (χ0n) is 11.5. The van der Waals surface area contributed by atoms with Crippen molar-refractivity contribution in [3.8, 4) is 0 Å². The molecule has 1 aliphatic rings. The average molecular weight is 322 g/mol. The molecule has 110 valence electrons. The number of nitrogens with zero attached hydrogens (tertiary/aromatic N) is 2. The van der Waals surface area contributed by atoms with Crippen molar-refractivity contribution in [3.63, 3.8) is 0 Å². The monoisotopic (exact) mass is 321 g/mol. The lowest BCUT2D eigenvalue weighted by atomic mass is 10.0. The summed E-state index contributed by atoms with van der Waals surface area (Å²) in [6.45, 7) is 2.12. The van der Waals surface area contributed by atoms with Gasteiger partial charge >= 0.3 is 0 Å². The van der Waals surface area contributed by atoms with Crippen LogP contribution in [0.5, 0.6) is 0 Å². The molecule has 1 N–H and O–H groups in total. The van der Waals surface area contributed by atoms with Gasteiger partial charge in [0, 0.05) is 16.1 Å². The van der Waals surface area contributed by atoms with Crippen LogP contribution in [0.3, 0.4) is 0 Å². The van der Waals surface area contributed by atoms with E-state index in [9.17, 15) is 4.79 Å². The second-order valence-corrected chi connectivity index (χ2v) is 6.47. The van der Waals surface area contributed by atoms with E-state index in [2.05, 4.69) is 21.3 Å². The highest BCUT2D eigenvalue weighted by Crippen LogP contribution is 2.38. The van der Waals surface area contributed by atoms with Crippen molar-refractivity contribution in [2.45, 2.75) is 18.9 Å². The number of thiazole rings is 1. The van der Waals surface area contributed by atoms with Gasteiger partial charge in [-0.3, -0.25) is 9.69 Å². The molecular weight excluding hydrogens is 306 g/mol. The van der Waals surface area contributed by atoms with Gasteiger partial charge < -0.3 is 5.32 Å². The average Bonchev–Trinajstić information content (AvgIpc) is 3.14. The van der Waals surface area contributed by atoms with E-state index in [4.69, 9.17) is 11.6 Å². The van der Waals surface area contributed by atoms with E-state index >= 15 is 0 Å². The molecule has 3 rings (SSSR count). The minimum atomic E-state index is 0.112. The standard InChI is InChI=1S/C15H16ClN3OS/c16-12-6-2-1-5-11(12)14(19-7-3-4-8-19)13-9-17-15(21-13)18-10-20/h1-2,5-6,9-10,14H,3-4,7-8H2,(H,17,18,20). The maximum Gasteiger partial charge on any atom is 0.213 e. The number of carbonyl (C=O) groups excluding carboxylic acids is 1. The normalized spacial score (nSPS) is 16.8. The fourth-order valence-corrected chi connectivity index (χ4v) is 3.92. The van der Waals surface area contributed by atoms with Crippen LogP contribution in [0.1, 0.15) is 29.3 Å². The van der Waals surface area contributed by atoms with Crippen molar-refractivity contribution >= 4 is 34.5 Å². The van der Waals surface area contributed by atoms with E-state index in [0.29, 0.717) is 11.5 Å². The van der Waals surface area contributed by atoms with Crippen LogP contribution >= 0.6 is 22.9 Å². The molecule has 1 aliphatic heterocycles. The predicted molar refractivity (Wildman–Crippen MR) is 85.9 cm³/mol. The van der Waals surface area contributed by atoms with Crippen LogP contribution in [0.2, 0.25) is 5.02 Å². The molecule has 0 bridgehead atoms. The van der Waals surface area contributed by atoms with Gasteiger partial charge in [0.1, 0.15) is 0 Å². The molecule has 2 heterocycles. The Labute approximate surface area is 132 Å². The number of benzene rings is 1. The van der Waals surface area contributed by atoms with E-state index in [0.717, 1.165) is 28.6 Å². The lowest BCUT2D eigenvalue weighted by molar-refractivity contribution is -0.105. The van der Waals surface area contributed by atoms with Crippen LogP contribution in [0.15, 0.2) is 30.5 Å². The topological polar surface area (TPSA) is 45.2 Å². The van der Waals surface area contributed by atoms with Crippen molar-refractivity contribution in [2.24, 2.45) is 0 Å². The molecule has 0 radical (unpaired) electrons. The van der Waals surface area contributed by atoms with Crippen LogP contribution in [0.4, 0.5) is 5.13 Å². The van der Waals surface area contributed by atoms with Crippen molar-refractivity contribution in [2.75, 3.05) is 18.4 Å². The summed E-state index contributed by atoms with van der Waals surface area (Å²) in [6.07, 6.45) is 4.91. The van der Waals surface area contributed by atoms with Gasteiger partial charge in [0.25, 0.3) is 0 Å². The van der Waals surface area contributed by atoms with Gasteiger partial charge in [0.05, 0.1) is 6.04 Å². The van der Waals surface area contributed by atoms with Crippen molar-refractivity contribution in [1.29, 1.82) is 0 Å². The molecule has 1 atom stereocenters. The Morgan fingerprint density at radius 1 is 1.33 bits per heavy atom. The second-order valence-electron chi connectivity index (χ2n) is 5.00. The van der Waals surface area contributed by atoms with Gasteiger partial charge in [-0.1, -0.05) is 41.1 Å². The van der Waals surface area contributed by atoms with Crippen LogP contribution in [-0.4, -0.2) is 29.4 Å². The first-order valence-corrected chi connectivity index (χ1v) is 8.13. The molecule has 6 heteroatoms. The number of hydrogen-bond donors (Lipinski definition) is 1. The van der Waals surface area contributed by atoms with Gasteiger partial charge in [-0.15, -0.1) is 0 Å². The fraction of sp³-hybridized carbons (Fsp3) is 0.333. The summed E-state index contributed by atoms with van der Waals surface area (Å²) in [7, 11) is 0. The van der Waals surface area contributed by atoms with E-state index < -0.39 is 0 Å². The van der Waals surface area contributed by atoms with Crippen molar-refractivity contribution in [3.05, 3.63) is 45.9 Å². The first-order chi connectivity index (χ1) is 10.3. The number of aromatic nitrogens is 1. The van der Waals surface area contributed by atoms with Crippen molar-refractivity contribution < 1.29 is 4.79 Å². The minimum Gasteiger partial charge on any atom is -0.305 e. The van der Waals surface area contributed by atoms with E-state index in [-0.39, 0.29) is 6.04 Å². The molecule has 0 aliphatic carbocycles. The highest BCUT2D eigenvalue weighted by molar-refractivity contribution is 7.15. The van der Waals surface area contributed by atoms with Crippen LogP contribution in [0.25, 0.3) is 0 Å². The summed E-state index contributed by atoms with van der Waals surface area (Å²) in [5.74, 6) is 0. The molecule has 1 saturated heterocycles. The number of rotatable bonds is 5. The van der Waals surface area contributed by atoms with Gasteiger partial charge in [0.2, 0.25) is 6.41 Å². The van der Waals surface area contributed by atoms with E-state index in [1.165, 1.54) is 24.2 Å². The van der Waals surface area contributed by atoms with E-state index in [1.54, 1.807) is 0 Å². The zero-order chi connectivity index (χ0) is 14.7. The van der Waals surface area contributed by atoms with Gasteiger partial charge in [0.15, 0.2) is 5.13 Å². The SMILES string of the molecule is O=CNc1ncc(C(c2ccccc2Cl)N2CCCC2)s1. The number of nitrogens with one attached hydrogen (secondary N) is 1. The molecule has 0 saturated carbocycles. The third kappa shape index (κ3) is 3.10. The molecule has 2 aromatic rings. The number of hydrogen-bond acceptors (Lipinski definition) is 4. The lowest BCUT2D eigenvalue weighted by Gasteiger charge is -2.27. The van der Waals surface area contributed by atoms with E-state index in [1.807, 2.05) is 24.4 Å². The van der Waals surface area contributed by atoms with Crippen molar-refractivity contribution in [1.82, 2.24) is 9.88 Å². The minimum absolute atomic E-state index is 0.112. The number of amides is 1. The van der Waals surface area contributed by atoms with Crippen LogP contribution < -0.4 is 5.32 Å². The van der Waals surface area contributed by atoms with Gasteiger partial charge in [-0.25, -0.2) is 4.98 Å². The first kappa shape index (κ1) is 14.5. The first-order valence-electron chi connectivity index (χ1n) is 6.94. The van der Waals surface area contributed by atoms with Gasteiger partial charge in [-0.2, -0.15) is 0 Å². The maximum atomic E-state index is 10.6. The highest BCUT2D eigenvalue weighted by atomic mass is 35.5. The summed E-state index contributed by atoms with van der Waals surface area (Å²) in [5.41, 5.74) is 1.10. The van der Waals surface area contributed by atoms with Crippen LogP contribution in [-0.2, 0) is 4.79 Å². The number of halogens is 1. The lowest BCUT2D eigenvalue weighted by Crippen LogP contribution is -2.26. The summed E-state index contributed by atoms with van der Waals surface area (Å²) >= 11 is 7.90. The predicted octanol–water partition coefficient (Wildman–Crippen LogP) is 3.55. The molecule has 1 aromatic carbocycles. The molecule has 1 aromatic heterocycles. The fourth-order valence-electron chi connectivity index (χ4n) is 2.76. The molecule has 4 nitrogen and oxygen atoms in total. The quantitative estimate of drug-likeness (QED) is 0.857.